The number of fused-ring (bicyclic) bond motifs is 7. The number of Topliss-reactive ketones (excluding diaryl/α,β-unsaturated/α-hetero) is 1. The molecule has 4 saturated carbocycles. The van der Waals surface area contributed by atoms with Crippen LogP contribution in [-0.4, -0.2) is 39.8 Å². The summed E-state index contributed by atoms with van der Waals surface area (Å²) >= 11 is 0. The van der Waals surface area contributed by atoms with Gasteiger partial charge in [-0.1, -0.05) is 46.3 Å². The van der Waals surface area contributed by atoms with E-state index in [4.69, 9.17) is 0 Å². The number of hydrogen-bond acceptors (Lipinski definition) is 4. The van der Waals surface area contributed by atoms with Gasteiger partial charge in [0.15, 0.2) is 0 Å². The minimum Gasteiger partial charge on any atom is -0.480 e. The molecule has 5 nitrogen and oxygen atoms in total. The molecule has 4 fully saturated rings. The molecule has 35 heavy (non-hydrogen) atoms. The van der Waals surface area contributed by atoms with Crippen LogP contribution in [0.2, 0.25) is 0 Å². The lowest BCUT2D eigenvalue weighted by atomic mass is 9.33. The highest BCUT2D eigenvalue weighted by atomic mass is 16.4. The summed E-state index contributed by atoms with van der Waals surface area (Å²) < 4.78 is 0. The molecule has 3 N–H and O–H groups in total. The second kappa shape index (κ2) is 7.43. The molecular formula is C30H46O5. The molecule has 5 rings (SSSR count). The van der Waals surface area contributed by atoms with Gasteiger partial charge in [0.1, 0.15) is 11.2 Å². The highest BCUT2D eigenvalue weighted by Crippen LogP contribution is 2.75. The molecule has 0 aromatic rings. The number of aliphatic hydroxyl groups excluding tert-OH is 2. The van der Waals surface area contributed by atoms with E-state index < -0.39 is 28.8 Å². The number of carbonyl (C=O) groups excluding carboxylic acids is 1. The SMILES string of the molecule is CC1(C)CC[C@]2(CO)CC[C@]3(C)C(=CC[C@H]4[C@@]5(C)CCC(=O)[C@@](C)(C(=O)O)[C@H]5[C@H](O)C[C@]43C)[C@@H]2C1. The zero-order valence-corrected chi connectivity index (χ0v) is 22.6. The van der Waals surface area contributed by atoms with E-state index in [9.17, 15) is 24.9 Å². The van der Waals surface area contributed by atoms with Crippen molar-refractivity contribution in [1.29, 1.82) is 0 Å². The molecule has 5 heteroatoms. The van der Waals surface area contributed by atoms with Gasteiger partial charge in [0.25, 0.3) is 0 Å². The molecule has 0 aromatic heterocycles. The first-order valence-corrected chi connectivity index (χ1v) is 13.9. The molecule has 196 valence electrons. The van der Waals surface area contributed by atoms with Crippen molar-refractivity contribution >= 4 is 11.8 Å². The van der Waals surface area contributed by atoms with Crippen LogP contribution in [0.25, 0.3) is 0 Å². The van der Waals surface area contributed by atoms with E-state index in [1.807, 2.05) is 0 Å². The Labute approximate surface area is 210 Å². The van der Waals surface area contributed by atoms with Gasteiger partial charge in [-0.05, 0) is 91.8 Å². The van der Waals surface area contributed by atoms with Gasteiger partial charge < -0.3 is 15.3 Å². The zero-order valence-electron chi connectivity index (χ0n) is 22.6. The summed E-state index contributed by atoms with van der Waals surface area (Å²) in [5, 5.41) is 32.6. The molecule has 9 atom stereocenters. The lowest BCUT2D eigenvalue weighted by molar-refractivity contribution is -0.226. The molecular weight excluding hydrogens is 440 g/mol. The average molecular weight is 487 g/mol. The summed E-state index contributed by atoms with van der Waals surface area (Å²) in [5.41, 5.74) is -0.556. The summed E-state index contributed by atoms with van der Waals surface area (Å²) in [6, 6.07) is 0. The van der Waals surface area contributed by atoms with Crippen LogP contribution in [0.3, 0.4) is 0 Å². The van der Waals surface area contributed by atoms with Crippen molar-refractivity contribution in [1.82, 2.24) is 0 Å². The molecule has 5 aliphatic carbocycles. The number of ketones is 1. The van der Waals surface area contributed by atoms with Crippen molar-refractivity contribution in [2.45, 2.75) is 105 Å². The van der Waals surface area contributed by atoms with Gasteiger partial charge in [-0.25, -0.2) is 0 Å². The third-order valence-corrected chi connectivity index (χ3v) is 12.9. The fourth-order valence-corrected chi connectivity index (χ4v) is 10.6. The third kappa shape index (κ3) is 3.00. The molecule has 5 aliphatic rings. The minimum atomic E-state index is -1.54. The number of carboxylic acid groups (broad SMARTS) is 1. The van der Waals surface area contributed by atoms with E-state index in [1.54, 1.807) is 6.92 Å². The molecule has 0 saturated heterocycles. The van der Waals surface area contributed by atoms with Crippen molar-refractivity contribution < 1.29 is 24.9 Å². The van der Waals surface area contributed by atoms with Gasteiger partial charge in [-0.2, -0.15) is 0 Å². The molecule has 0 aliphatic heterocycles. The molecule has 0 bridgehead atoms. The largest absolute Gasteiger partial charge is 0.480 e. The standard InChI is InChI=1S/C30H46O5/c1-25(2)11-13-30(17-31)14-12-27(4)18(19(30)15-25)7-8-21-26(3)10-9-22(33)29(6,24(34)35)23(26)20(32)16-28(21,27)5/h7,19-21,23,31-32H,8-17H2,1-6H3,(H,34,35)/t19-,20+,21-,23-,26+,27+,28+,29+,30+/m0/s1. The van der Waals surface area contributed by atoms with Crippen LogP contribution in [0, 0.1) is 50.2 Å². The predicted octanol–water partition coefficient (Wildman–Crippen LogP) is 5.39. The van der Waals surface area contributed by atoms with Crippen molar-refractivity contribution in [3.05, 3.63) is 11.6 Å². The first-order valence-electron chi connectivity index (χ1n) is 13.9. The fraction of sp³-hybridized carbons (Fsp3) is 0.867. The van der Waals surface area contributed by atoms with E-state index in [0.717, 1.165) is 38.5 Å². The van der Waals surface area contributed by atoms with E-state index in [1.165, 1.54) is 5.57 Å². The van der Waals surface area contributed by atoms with Crippen molar-refractivity contribution in [3.63, 3.8) is 0 Å². The van der Waals surface area contributed by atoms with Gasteiger partial charge in [0.2, 0.25) is 0 Å². The van der Waals surface area contributed by atoms with Crippen LogP contribution in [0.1, 0.15) is 99.3 Å². The number of hydrogen-bond donors (Lipinski definition) is 3. The monoisotopic (exact) mass is 486 g/mol. The van der Waals surface area contributed by atoms with E-state index in [-0.39, 0.29) is 46.4 Å². The molecule has 0 aromatic carbocycles. The number of carbonyl (C=O) groups is 2. The first kappa shape index (κ1) is 25.4. The maximum atomic E-state index is 13.0. The Morgan fingerprint density at radius 3 is 2.29 bits per heavy atom. The lowest BCUT2D eigenvalue weighted by Gasteiger charge is -2.71. The summed E-state index contributed by atoms with van der Waals surface area (Å²) in [6.45, 7) is 13.4. The van der Waals surface area contributed by atoms with Crippen LogP contribution in [-0.2, 0) is 9.59 Å². The van der Waals surface area contributed by atoms with Gasteiger partial charge in [0.05, 0.1) is 6.10 Å². The van der Waals surface area contributed by atoms with Crippen LogP contribution in [0.4, 0.5) is 0 Å². The fourth-order valence-electron chi connectivity index (χ4n) is 10.6. The second-order valence-electron chi connectivity index (χ2n) is 14.8. The number of carboxylic acids is 1. The third-order valence-electron chi connectivity index (χ3n) is 12.9. The average Bonchev–Trinajstić information content (AvgIpc) is 2.76. The highest BCUT2D eigenvalue weighted by Gasteiger charge is 2.72. The normalized spacial score (nSPS) is 52.9. The zero-order chi connectivity index (χ0) is 25.8. The molecule has 0 radical (unpaired) electrons. The Kier molecular flexibility index (Phi) is 5.40. The van der Waals surface area contributed by atoms with Crippen LogP contribution < -0.4 is 0 Å². The highest BCUT2D eigenvalue weighted by molar-refractivity contribution is 6.03. The molecule has 0 amide bonds. The van der Waals surface area contributed by atoms with Crippen LogP contribution in [0.15, 0.2) is 11.6 Å². The van der Waals surface area contributed by atoms with Crippen molar-refractivity contribution in [2.24, 2.45) is 50.2 Å². The summed E-state index contributed by atoms with van der Waals surface area (Å²) in [4.78, 5) is 25.5. The topological polar surface area (TPSA) is 94.8 Å². The first-order chi connectivity index (χ1) is 16.1. The van der Waals surface area contributed by atoms with E-state index in [0.29, 0.717) is 18.8 Å². The number of aliphatic carboxylic acids is 1. The Balaban J connectivity index is 1.63. The lowest BCUT2D eigenvalue weighted by Crippen LogP contribution is -2.69. The molecule has 0 spiro atoms. The van der Waals surface area contributed by atoms with Gasteiger partial charge >= 0.3 is 5.97 Å². The number of allylic oxidation sites excluding steroid dienone is 2. The summed E-state index contributed by atoms with van der Waals surface area (Å²) in [6.07, 6.45) is 9.25. The summed E-state index contributed by atoms with van der Waals surface area (Å²) in [5.74, 6) is -1.33. The molecule has 0 unspecified atom stereocenters. The summed E-state index contributed by atoms with van der Waals surface area (Å²) in [7, 11) is 0. The Bertz CT molecular complexity index is 983. The smallest absolute Gasteiger partial charge is 0.317 e. The quantitative estimate of drug-likeness (QED) is 0.360. The maximum absolute atomic E-state index is 13.0. The van der Waals surface area contributed by atoms with Crippen molar-refractivity contribution in [2.75, 3.05) is 6.61 Å². The Morgan fingerprint density at radius 2 is 1.66 bits per heavy atom. The van der Waals surface area contributed by atoms with Crippen LogP contribution in [0.5, 0.6) is 0 Å². The second-order valence-corrected chi connectivity index (χ2v) is 14.8. The van der Waals surface area contributed by atoms with Crippen LogP contribution >= 0.6 is 0 Å². The van der Waals surface area contributed by atoms with E-state index >= 15 is 0 Å². The minimum absolute atomic E-state index is 0.0388. The van der Waals surface area contributed by atoms with Gasteiger partial charge in [0, 0.05) is 24.4 Å². The van der Waals surface area contributed by atoms with Gasteiger partial charge in [-0.3, -0.25) is 9.59 Å². The number of rotatable bonds is 2. The van der Waals surface area contributed by atoms with Gasteiger partial charge in [-0.15, -0.1) is 0 Å². The maximum Gasteiger partial charge on any atom is 0.317 e. The predicted molar refractivity (Wildman–Crippen MR) is 134 cm³/mol. The molecule has 0 heterocycles. The van der Waals surface area contributed by atoms with Crippen molar-refractivity contribution in [3.8, 4) is 0 Å². The number of aliphatic hydroxyl groups is 2. The Hall–Kier alpha value is -1.20. The Morgan fingerprint density at radius 1 is 1.00 bits per heavy atom. The van der Waals surface area contributed by atoms with E-state index in [2.05, 4.69) is 40.7 Å².